The van der Waals surface area contributed by atoms with Gasteiger partial charge in [-0.05, 0) is 65.9 Å². The summed E-state index contributed by atoms with van der Waals surface area (Å²) in [5, 5.41) is 3.67. The van der Waals surface area contributed by atoms with Gasteiger partial charge in [-0.2, -0.15) is 0 Å². The first-order chi connectivity index (χ1) is 9.95. The van der Waals surface area contributed by atoms with Crippen molar-refractivity contribution in [2.45, 2.75) is 52.2 Å². The molecule has 1 fully saturated rings. The summed E-state index contributed by atoms with van der Waals surface area (Å²) in [5.41, 5.74) is 1.17. The molecule has 1 heterocycles. The second kappa shape index (κ2) is 7.70. The zero-order valence-corrected chi connectivity index (χ0v) is 14.8. The van der Waals surface area contributed by atoms with Gasteiger partial charge in [0.2, 0.25) is 0 Å². The molecule has 0 aromatic heterocycles. The molecule has 1 aliphatic heterocycles. The van der Waals surface area contributed by atoms with Crippen LogP contribution in [0.2, 0.25) is 0 Å². The maximum absolute atomic E-state index is 13.4. The Morgan fingerprint density at radius 3 is 2.86 bits per heavy atom. The Morgan fingerprint density at radius 2 is 2.19 bits per heavy atom. The molecular weight excluding hydrogens is 331 g/mol. The highest BCUT2D eigenvalue weighted by Gasteiger charge is 2.23. The van der Waals surface area contributed by atoms with E-state index in [0.29, 0.717) is 22.5 Å². The van der Waals surface area contributed by atoms with Crippen molar-refractivity contribution in [3.05, 3.63) is 34.1 Å². The largest absolute Gasteiger partial charge is 0.313 e. The number of hydrogen-bond acceptors (Lipinski definition) is 2. The van der Waals surface area contributed by atoms with Crippen LogP contribution in [0.1, 0.15) is 39.2 Å². The number of halogens is 2. The van der Waals surface area contributed by atoms with E-state index in [-0.39, 0.29) is 5.82 Å². The normalized spacial score (nSPS) is 24.3. The number of rotatable bonds is 4. The molecular formula is C17H26BrFN2. The van der Waals surface area contributed by atoms with E-state index in [1.54, 1.807) is 6.07 Å². The second-order valence-electron chi connectivity index (χ2n) is 6.60. The minimum absolute atomic E-state index is 0.193. The predicted molar refractivity (Wildman–Crippen MR) is 89.8 cm³/mol. The van der Waals surface area contributed by atoms with Gasteiger partial charge in [-0.1, -0.05) is 19.9 Å². The van der Waals surface area contributed by atoms with Gasteiger partial charge in [-0.25, -0.2) is 4.39 Å². The molecule has 1 aromatic rings. The minimum atomic E-state index is -0.193. The van der Waals surface area contributed by atoms with Crippen molar-refractivity contribution in [1.29, 1.82) is 0 Å². The molecule has 4 heteroatoms. The minimum Gasteiger partial charge on any atom is -0.313 e. The SMILES string of the molecule is CC(C)CC1CN(Cc2ccc(F)c(Br)c2)C(C)CCN1. The molecule has 2 rings (SSSR count). The fourth-order valence-corrected chi connectivity index (χ4v) is 3.45. The van der Waals surface area contributed by atoms with Gasteiger partial charge < -0.3 is 5.32 Å². The van der Waals surface area contributed by atoms with Crippen molar-refractivity contribution < 1.29 is 4.39 Å². The van der Waals surface area contributed by atoms with Crippen molar-refractivity contribution in [2.75, 3.05) is 13.1 Å². The van der Waals surface area contributed by atoms with E-state index in [0.717, 1.165) is 26.1 Å². The standard InChI is InChI=1S/C17H26BrFN2/c1-12(2)8-15-11-21(13(3)6-7-20-15)10-14-4-5-17(19)16(18)9-14/h4-5,9,12-13,15,20H,6-8,10-11H2,1-3H3. The first-order valence-electron chi connectivity index (χ1n) is 7.87. The summed E-state index contributed by atoms with van der Waals surface area (Å²) in [4.78, 5) is 2.52. The Hall–Kier alpha value is -0.450. The van der Waals surface area contributed by atoms with Crippen LogP contribution in [0.25, 0.3) is 0 Å². The molecule has 1 aliphatic rings. The Morgan fingerprint density at radius 1 is 1.43 bits per heavy atom. The monoisotopic (exact) mass is 356 g/mol. The van der Waals surface area contributed by atoms with Crippen LogP contribution in [0, 0.1) is 11.7 Å². The number of hydrogen-bond donors (Lipinski definition) is 1. The van der Waals surface area contributed by atoms with Crippen molar-refractivity contribution in [1.82, 2.24) is 10.2 Å². The quantitative estimate of drug-likeness (QED) is 0.869. The molecule has 2 atom stereocenters. The summed E-state index contributed by atoms with van der Waals surface area (Å²) >= 11 is 3.28. The van der Waals surface area contributed by atoms with Crippen molar-refractivity contribution in [3.63, 3.8) is 0 Å². The second-order valence-corrected chi connectivity index (χ2v) is 7.45. The highest BCUT2D eigenvalue weighted by molar-refractivity contribution is 9.10. The lowest BCUT2D eigenvalue weighted by Crippen LogP contribution is -2.40. The molecule has 118 valence electrons. The smallest absolute Gasteiger partial charge is 0.137 e. The van der Waals surface area contributed by atoms with Crippen molar-refractivity contribution in [2.24, 2.45) is 5.92 Å². The van der Waals surface area contributed by atoms with E-state index in [4.69, 9.17) is 0 Å². The van der Waals surface area contributed by atoms with Crippen LogP contribution >= 0.6 is 15.9 Å². The van der Waals surface area contributed by atoms with Gasteiger partial charge in [-0.15, -0.1) is 0 Å². The van der Waals surface area contributed by atoms with Gasteiger partial charge in [-0.3, -0.25) is 4.90 Å². The maximum Gasteiger partial charge on any atom is 0.137 e. The number of benzene rings is 1. The van der Waals surface area contributed by atoms with Crippen LogP contribution in [-0.4, -0.2) is 30.1 Å². The predicted octanol–water partition coefficient (Wildman–Crippen LogP) is 4.19. The fraction of sp³-hybridized carbons (Fsp3) is 0.647. The molecule has 1 N–H and O–H groups in total. The zero-order valence-electron chi connectivity index (χ0n) is 13.2. The summed E-state index contributed by atoms with van der Waals surface area (Å²) in [5.74, 6) is 0.514. The molecule has 0 radical (unpaired) electrons. The summed E-state index contributed by atoms with van der Waals surface area (Å²) in [6, 6.07) is 6.45. The molecule has 2 nitrogen and oxygen atoms in total. The van der Waals surface area contributed by atoms with Crippen molar-refractivity contribution in [3.8, 4) is 0 Å². The van der Waals surface area contributed by atoms with Crippen LogP contribution < -0.4 is 5.32 Å². The van der Waals surface area contributed by atoms with E-state index >= 15 is 0 Å². The summed E-state index contributed by atoms with van der Waals surface area (Å²) in [7, 11) is 0. The van der Waals surface area contributed by atoms with Gasteiger partial charge in [0, 0.05) is 25.2 Å². The maximum atomic E-state index is 13.4. The third-order valence-corrected chi connectivity index (χ3v) is 4.81. The fourth-order valence-electron chi connectivity index (χ4n) is 3.03. The topological polar surface area (TPSA) is 15.3 Å². The molecule has 0 spiro atoms. The van der Waals surface area contributed by atoms with Crippen molar-refractivity contribution >= 4 is 15.9 Å². The highest BCUT2D eigenvalue weighted by Crippen LogP contribution is 2.21. The number of nitrogens with zero attached hydrogens (tertiary/aromatic N) is 1. The van der Waals surface area contributed by atoms with Gasteiger partial charge in [0.1, 0.15) is 5.82 Å². The first kappa shape index (κ1) is 16.9. The molecule has 2 unspecified atom stereocenters. The van der Waals surface area contributed by atoms with E-state index in [1.807, 2.05) is 12.1 Å². The van der Waals surface area contributed by atoms with Crippen LogP contribution in [0.15, 0.2) is 22.7 Å². The molecule has 0 aliphatic carbocycles. The molecule has 1 aromatic carbocycles. The average molecular weight is 357 g/mol. The zero-order chi connectivity index (χ0) is 15.4. The van der Waals surface area contributed by atoms with E-state index < -0.39 is 0 Å². The van der Waals surface area contributed by atoms with E-state index in [1.165, 1.54) is 12.0 Å². The average Bonchev–Trinajstić information content (AvgIpc) is 2.56. The van der Waals surface area contributed by atoms with E-state index in [2.05, 4.69) is 46.9 Å². The number of nitrogens with one attached hydrogen (secondary N) is 1. The molecule has 0 bridgehead atoms. The Labute approximate surface area is 136 Å². The van der Waals surface area contributed by atoms with Crippen LogP contribution in [0.3, 0.4) is 0 Å². The Balaban J connectivity index is 2.05. The molecule has 0 saturated carbocycles. The third kappa shape index (κ3) is 5.04. The lowest BCUT2D eigenvalue weighted by Gasteiger charge is -2.29. The van der Waals surface area contributed by atoms with Gasteiger partial charge >= 0.3 is 0 Å². The molecule has 0 amide bonds. The molecule has 1 saturated heterocycles. The lowest BCUT2D eigenvalue weighted by atomic mass is 10.0. The first-order valence-corrected chi connectivity index (χ1v) is 8.66. The summed E-state index contributed by atoms with van der Waals surface area (Å²) in [6.07, 6.45) is 2.37. The van der Waals surface area contributed by atoms with E-state index in [9.17, 15) is 4.39 Å². The highest BCUT2D eigenvalue weighted by atomic mass is 79.9. The van der Waals surface area contributed by atoms with Crippen LogP contribution in [0.5, 0.6) is 0 Å². The molecule has 21 heavy (non-hydrogen) atoms. The Kier molecular flexibility index (Phi) is 6.20. The van der Waals surface area contributed by atoms with Crippen LogP contribution in [-0.2, 0) is 6.54 Å². The van der Waals surface area contributed by atoms with Gasteiger partial charge in [0.15, 0.2) is 0 Å². The third-order valence-electron chi connectivity index (χ3n) is 4.20. The van der Waals surface area contributed by atoms with Crippen LogP contribution in [0.4, 0.5) is 4.39 Å². The summed E-state index contributed by atoms with van der Waals surface area (Å²) in [6.45, 7) is 9.87. The lowest BCUT2D eigenvalue weighted by molar-refractivity contribution is 0.189. The van der Waals surface area contributed by atoms with Gasteiger partial charge in [0.25, 0.3) is 0 Å². The van der Waals surface area contributed by atoms with Gasteiger partial charge in [0.05, 0.1) is 4.47 Å². The Bertz CT molecular complexity index is 464. The summed E-state index contributed by atoms with van der Waals surface area (Å²) < 4.78 is 13.9.